The van der Waals surface area contributed by atoms with Gasteiger partial charge in [0.25, 0.3) is 0 Å². The Morgan fingerprint density at radius 3 is 1.88 bits per heavy atom. The molecule has 24 heavy (non-hydrogen) atoms. The van der Waals surface area contributed by atoms with Gasteiger partial charge in [-0.2, -0.15) is 0 Å². The molecule has 0 aromatic rings. The summed E-state index contributed by atoms with van der Waals surface area (Å²) in [6, 6.07) is -0.749. The molecule has 0 aliphatic heterocycles. The first-order valence-corrected chi connectivity index (χ1v) is 8.78. The highest BCUT2D eigenvalue weighted by Crippen LogP contribution is 2.18. The van der Waals surface area contributed by atoms with Crippen molar-refractivity contribution in [1.29, 1.82) is 0 Å². The third-order valence-corrected chi connectivity index (χ3v) is 4.00. The lowest BCUT2D eigenvalue weighted by molar-refractivity contribution is -0.570. The van der Waals surface area contributed by atoms with Crippen LogP contribution < -0.4 is 0 Å². The minimum atomic E-state index is -1.13. The van der Waals surface area contributed by atoms with E-state index in [4.69, 9.17) is 10.2 Å². The topological polar surface area (TPSA) is 127 Å². The van der Waals surface area contributed by atoms with Crippen molar-refractivity contribution in [3.63, 3.8) is 0 Å². The smallest absolute Gasteiger partial charge is 0.242 e. The van der Waals surface area contributed by atoms with Gasteiger partial charge in [-0.25, -0.2) is 0 Å². The summed E-state index contributed by atoms with van der Waals surface area (Å²) in [5, 5.41) is 38.2. The molecule has 0 aromatic carbocycles. The standard InChI is InChI=1S/C9H19NO3.C7H15NO3/c1-3-4-5-6-7-9(2,8-11)10(12)13;1-2-3-4-5-7(6-9)8(10)11/h11H,3-8H2,1-2H3;7,9H,2-6H2,1H3. The average molecular weight is 350 g/mol. The number of hydrogen-bond donors (Lipinski definition) is 2. The Morgan fingerprint density at radius 2 is 1.50 bits per heavy atom. The highest BCUT2D eigenvalue weighted by atomic mass is 16.6. The van der Waals surface area contributed by atoms with E-state index in [1.54, 1.807) is 0 Å². The summed E-state index contributed by atoms with van der Waals surface area (Å²) in [7, 11) is 0. The van der Waals surface area contributed by atoms with Crippen molar-refractivity contribution < 1.29 is 20.1 Å². The van der Waals surface area contributed by atoms with Gasteiger partial charge in [0.05, 0.1) is 0 Å². The highest BCUT2D eigenvalue weighted by molar-refractivity contribution is 4.71. The second-order valence-corrected chi connectivity index (χ2v) is 6.34. The molecule has 0 saturated heterocycles. The predicted molar refractivity (Wildman–Crippen MR) is 93.3 cm³/mol. The molecule has 0 aliphatic carbocycles. The van der Waals surface area contributed by atoms with E-state index in [-0.39, 0.29) is 18.1 Å². The van der Waals surface area contributed by atoms with Crippen molar-refractivity contribution in [2.45, 2.75) is 90.1 Å². The molecule has 2 unspecified atom stereocenters. The Kier molecular flexibility index (Phi) is 15.9. The molecule has 0 spiro atoms. The maximum Gasteiger partial charge on any atom is 0.242 e. The van der Waals surface area contributed by atoms with E-state index in [1.807, 2.05) is 6.92 Å². The van der Waals surface area contributed by atoms with E-state index in [1.165, 1.54) is 6.92 Å². The van der Waals surface area contributed by atoms with Gasteiger partial charge in [0.15, 0.2) is 0 Å². The lowest BCUT2D eigenvalue weighted by atomic mass is 9.96. The summed E-state index contributed by atoms with van der Waals surface area (Å²) in [6.45, 7) is 4.93. The maximum absolute atomic E-state index is 10.6. The Balaban J connectivity index is 0. The van der Waals surface area contributed by atoms with Crippen LogP contribution in [0.1, 0.15) is 78.6 Å². The van der Waals surface area contributed by atoms with Crippen molar-refractivity contribution >= 4 is 0 Å². The van der Waals surface area contributed by atoms with Gasteiger partial charge in [0.2, 0.25) is 11.6 Å². The molecule has 0 amide bonds. The third kappa shape index (κ3) is 12.2. The lowest BCUT2D eigenvalue weighted by Crippen LogP contribution is -2.38. The van der Waals surface area contributed by atoms with E-state index in [0.29, 0.717) is 12.8 Å². The van der Waals surface area contributed by atoms with Gasteiger partial charge in [-0.15, -0.1) is 0 Å². The van der Waals surface area contributed by atoms with Gasteiger partial charge in [-0.3, -0.25) is 20.2 Å². The molecule has 2 atom stereocenters. The van der Waals surface area contributed by atoms with Gasteiger partial charge in [-0.1, -0.05) is 46.0 Å². The Morgan fingerprint density at radius 1 is 0.958 bits per heavy atom. The summed E-state index contributed by atoms with van der Waals surface area (Å²) in [5.74, 6) is 0. The second-order valence-electron chi connectivity index (χ2n) is 6.34. The van der Waals surface area contributed by atoms with Crippen molar-refractivity contribution in [1.82, 2.24) is 0 Å². The van der Waals surface area contributed by atoms with Crippen LogP contribution in [0.3, 0.4) is 0 Å². The summed E-state index contributed by atoms with van der Waals surface area (Å²) >= 11 is 0. The maximum atomic E-state index is 10.6. The number of nitrogens with zero attached hydrogens (tertiary/aromatic N) is 2. The summed E-state index contributed by atoms with van der Waals surface area (Å²) in [5.41, 5.74) is -1.13. The monoisotopic (exact) mass is 350 g/mol. The molecular weight excluding hydrogens is 316 g/mol. The predicted octanol–water partition coefficient (Wildman–Crippen LogP) is 3.19. The minimum Gasteiger partial charge on any atom is -0.389 e. The molecule has 0 aromatic heterocycles. The number of aliphatic hydroxyl groups excluding tert-OH is 2. The first-order chi connectivity index (χ1) is 11.3. The van der Waals surface area contributed by atoms with Crippen LogP contribution in [0.4, 0.5) is 0 Å². The van der Waals surface area contributed by atoms with Crippen LogP contribution in [0.15, 0.2) is 0 Å². The first kappa shape index (κ1) is 25.0. The summed E-state index contributed by atoms with van der Waals surface area (Å²) < 4.78 is 0. The molecule has 8 nitrogen and oxygen atoms in total. The third-order valence-electron chi connectivity index (χ3n) is 4.00. The van der Waals surface area contributed by atoms with Crippen molar-refractivity contribution in [2.24, 2.45) is 0 Å². The van der Waals surface area contributed by atoms with Crippen LogP contribution >= 0.6 is 0 Å². The molecule has 2 N–H and O–H groups in total. The van der Waals surface area contributed by atoms with E-state index < -0.39 is 16.5 Å². The van der Waals surface area contributed by atoms with Gasteiger partial charge < -0.3 is 10.2 Å². The summed E-state index contributed by atoms with van der Waals surface area (Å²) in [6.07, 6.45) is 7.93. The molecule has 0 heterocycles. The molecule has 0 aliphatic rings. The molecule has 8 heteroatoms. The van der Waals surface area contributed by atoms with Crippen molar-refractivity contribution in [3.05, 3.63) is 20.2 Å². The molecule has 0 bridgehead atoms. The zero-order valence-corrected chi connectivity index (χ0v) is 15.3. The zero-order chi connectivity index (χ0) is 19.0. The van der Waals surface area contributed by atoms with Crippen LogP contribution in [0.25, 0.3) is 0 Å². The van der Waals surface area contributed by atoms with Crippen molar-refractivity contribution in [3.8, 4) is 0 Å². The van der Waals surface area contributed by atoms with Gasteiger partial charge >= 0.3 is 0 Å². The SMILES string of the molecule is CCCCCC(CO)[N+](=O)[O-].CCCCCCC(C)(CO)[N+](=O)[O-]. The second kappa shape index (κ2) is 15.3. The van der Waals surface area contributed by atoms with Gasteiger partial charge in [0.1, 0.15) is 13.2 Å². The van der Waals surface area contributed by atoms with E-state index >= 15 is 0 Å². The zero-order valence-electron chi connectivity index (χ0n) is 15.3. The quantitative estimate of drug-likeness (QED) is 0.298. The van der Waals surface area contributed by atoms with Gasteiger partial charge in [0, 0.05) is 29.6 Å². The molecular formula is C16H34N2O6. The Labute approximate surface area is 144 Å². The number of aliphatic hydroxyl groups is 2. The highest BCUT2D eigenvalue weighted by Gasteiger charge is 2.35. The van der Waals surface area contributed by atoms with E-state index in [0.717, 1.165) is 44.9 Å². The normalized spacial score (nSPS) is 14.2. The summed E-state index contributed by atoms with van der Waals surface area (Å²) in [4.78, 5) is 19.9. The van der Waals surface area contributed by atoms with E-state index in [2.05, 4.69) is 6.92 Å². The van der Waals surface area contributed by atoms with Crippen LogP contribution in [-0.2, 0) is 0 Å². The van der Waals surface area contributed by atoms with Crippen LogP contribution in [0.5, 0.6) is 0 Å². The number of rotatable bonds is 13. The molecule has 0 fully saturated rings. The van der Waals surface area contributed by atoms with E-state index in [9.17, 15) is 20.2 Å². The minimum absolute atomic E-state index is 0.337. The average Bonchev–Trinajstić information content (AvgIpc) is 2.55. The molecule has 144 valence electrons. The lowest BCUT2D eigenvalue weighted by Gasteiger charge is -2.17. The van der Waals surface area contributed by atoms with Crippen LogP contribution in [0.2, 0.25) is 0 Å². The van der Waals surface area contributed by atoms with Crippen LogP contribution in [0, 0.1) is 20.2 Å². The Hall–Kier alpha value is -1.28. The van der Waals surface area contributed by atoms with Crippen molar-refractivity contribution in [2.75, 3.05) is 13.2 Å². The fourth-order valence-corrected chi connectivity index (χ4v) is 2.05. The van der Waals surface area contributed by atoms with Gasteiger partial charge in [-0.05, 0) is 12.8 Å². The fourth-order valence-electron chi connectivity index (χ4n) is 2.05. The number of unbranched alkanes of at least 4 members (excludes halogenated alkanes) is 5. The number of nitro groups is 2. The first-order valence-electron chi connectivity index (χ1n) is 8.78. The molecule has 0 saturated carbocycles. The Bertz CT molecular complexity index is 341. The fraction of sp³-hybridized carbons (Fsp3) is 1.00. The molecule has 0 rings (SSSR count). The van der Waals surface area contributed by atoms with Crippen LogP contribution in [-0.4, -0.2) is 44.9 Å². The molecule has 0 radical (unpaired) electrons. The number of hydrogen-bond acceptors (Lipinski definition) is 6. The largest absolute Gasteiger partial charge is 0.389 e.